The molecule has 1 fully saturated rings. The minimum absolute atomic E-state index is 0.0115. The van der Waals surface area contributed by atoms with Crippen LogP contribution in [0.3, 0.4) is 0 Å². The van der Waals surface area contributed by atoms with Crippen molar-refractivity contribution in [3.8, 4) is 0 Å². The number of amides is 2. The lowest BCUT2D eigenvalue weighted by molar-refractivity contribution is -0.133. The molecule has 1 saturated heterocycles. The van der Waals surface area contributed by atoms with Crippen LogP contribution in [0.15, 0.2) is 24.3 Å². The Hall–Kier alpha value is -2.04. The van der Waals surface area contributed by atoms with Crippen molar-refractivity contribution < 1.29 is 9.59 Å². The molecule has 132 valence electrons. The van der Waals surface area contributed by atoms with Crippen LogP contribution < -0.4 is 10.2 Å². The zero-order chi connectivity index (χ0) is 17.5. The van der Waals surface area contributed by atoms with Crippen LogP contribution >= 0.6 is 0 Å². The first-order chi connectivity index (χ1) is 11.5. The highest BCUT2D eigenvalue weighted by molar-refractivity contribution is 5.85. The van der Waals surface area contributed by atoms with Gasteiger partial charge in [0.1, 0.15) is 0 Å². The molecule has 2 rings (SSSR count). The van der Waals surface area contributed by atoms with E-state index in [1.54, 1.807) is 0 Å². The Kier molecular flexibility index (Phi) is 6.64. The van der Waals surface area contributed by atoms with Gasteiger partial charge in [0.25, 0.3) is 0 Å². The number of benzene rings is 1. The Morgan fingerprint density at radius 1 is 1.12 bits per heavy atom. The minimum Gasteiger partial charge on any atom is -0.370 e. The Labute approximate surface area is 145 Å². The van der Waals surface area contributed by atoms with E-state index in [-0.39, 0.29) is 24.3 Å². The predicted octanol–water partition coefficient (Wildman–Crippen LogP) is 2.20. The van der Waals surface area contributed by atoms with Crippen LogP contribution in [0.2, 0.25) is 0 Å². The summed E-state index contributed by atoms with van der Waals surface area (Å²) in [6.45, 7) is 9.27. The fraction of sp³-hybridized carbons (Fsp3) is 0.579. The van der Waals surface area contributed by atoms with Crippen LogP contribution in [0.25, 0.3) is 0 Å². The zero-order valence-corrected chi connectivity index (χ0v) is 15.0. The number of rotatable bonds is 5. The smallest absolute Gasteiger partial charge is 0.242 e. The topological polar surface area (TPSA) is 52.7 Å². The molecule has 0 aromatic heterocycles. The number of aryl methyl sites for hydroxylation is 1. The lowest BCUT2D eigenvalue weighted by atomic mass is 10.1. The summed E-state index contributed by atoms with van der Waals surface area (Å²) in [6, 6.07) is 8.51. The normalized spacial score (nSPS) is 16.5. The van der Waals surface area contributed by atoms with Gasteiger partial charge in [-0.3, -0.25) is 9.59 Å². The van der Waals surface area contributed by atoms with Gasteiger partial charge < -0.3 is 15.1 Å². The first kappa shape index (κ1) is 18.3. The van der Waals surface area contributed by atoms with Gasteiger partial charge >= 0.3 is 0 Å². The summed E-state index contributed by atoms with van der Waals surface area (Å²) in [5.74, 6) is -0.0710. The number of carbonyl (C=O) groups is 2. The number of nitrogens with one attached hydrogen (secondary N) is 1. The Morgan fingerprint density at radius 2 is 1.83 bits per heavy atom. The molecule has 1 aliphatic rings. The first-order valence-electron chi connectivity index (χ1n) is 8.88. The minimum atomic E-state index is -0.0426. The van der Waals surface area contributed by atoms with E-state index in [2.05, 4.69) is 41.4 Å². The van der Waals surface area contributed by atoms with Gasteiger partial charge in [-0.1, -0.05) is 31.5 Å². The van der Waals surface area contributed by atoms with E-state index >= 15 is 0 Å². The average Bonchev–Trinajstić information content (AvgIpc) is 2.85. The molecule has 1 aliphatic heterocycles. The van der Waals surface area contributed by atoms with Crippen molar-refractivity contribution in [3.63, 3.8) is 0 Å². The van der Waals surface area contributed by atoms with Crippen LogP contribution in [-0.2, 0) is 9.59 Å². The Balaban J connectivity index is 1.85. The molecular formula is C19H29N3O2. The molecule has 1 atom stereocenters. The van der Waals surface area contributed by atoms with E-state index in [1.165, 1.54) is 11.3 Å². The van der Waals surface area contributed by atoms with Gasteiger partial charge in [0.15, 0.2) is 0 Å². The van der Waals surface area contributed by atoms with Gasteiger partial charge in [0, 0.05) is 37.8 Å². The second kappa shape index (κ2) is 8.71. The van der Waals surface area contributed by atoms with Crippen LogP contribution in [0, 0.1) is 12.8 Å². The summed E-state index contributed by atoms with van der Waals surface area (Å²) in [5, 5.41) is 2.76. The number of anilines is 1. The van der Waals surface area contributed by atoms with Crippen molar-refractivity contribution in [3.05, 3.63) is 29.8 Å². The molecule has 5 heteroatoms. The summed E-state index contributed by atoms with van der Waals surface area (Å²) in [7, 11) is 0. The van der Waals surface area contributed by atoms with Crippen molar-refractivity contribution in [1.29, 1.82) is 0 Å². The molecule has 1 N–H and O–H groups in total. The fourth-order valence-corrected chi connectivity index (χ4v) is 2.81. The molecular weight excluding hydrogens is 302 g/mol. The highest BCUT2D eigenvalue weighted by atomic mass is 16.2. The Bertz CT molecular complexity index is 556. The molecule has 0 bridgehead atoms. The maximum atomic E-state index is 12.3. The average molecular weight is 331 g/mol. The first-order valence-corrected chi connectivity index (χ1v) is 8.88. The largest absolute Gasteiger partial charge is 0.370 e. The summed E-state index contributed by atoms with van der Waals surface area (Å²) in [4.78, 5) is 28.3. The standard InChI is InChI=1S/C19H29N3O2/c1-4-16(3)19(24)20-14-18(23)22-11-5-10-21(12-13-22)17-8-6-15(2)7-9-17/h6-9,16H,4-5,10-14H2,1-3H3,(H,20,24). The van der Waals surface area contributed by atoms with Crippen LogP contribution in [-0.4, -0.2) is 49.4 Å². The summed E-state index contributed by atoms with van der Waals surface area (Å²) < 4.78 is 0. The molecule has 0 radical (unpaired) electrons. The third-order valence-corrected chi connectivity index (χ3v) is 4.72. The number of hydrogen-bond donors (Lipinski definition) is 1. The molecule has 0 aliphatic carbocycles. The van der Waals surface area contributed by atoms with Crippen LogP contribution in [0.5, 0.6) is 0 Å². The summed E-state index contributed by atoms with van der Waals surface area (Å²) in [5.41, 5.74) is 2.46. The highest BCUT2D eigenvalue weighted by Crippen LogP contribution is 2.17. The van der Waals surface area contributed by atoms with Crippen molar-refractivity contribution in [2.45, 2.75) is 33.6 Å². The monoisotopic (exact) mass is 331 g/mol. The van der Waals surface area contributed by atoms with Gasteiger partial charge in [0.05, 0.1) is 6.54 Å². The quantitative estimate of drug-likeness (QED) is 0.900. The molecule has 1 aromatic rings. The molecule has 1 aromatic carbocycles. The van der Waals surface area contributed by atoms with Crippen molar-refractivity contribution in [2.24, 2.45) is 5.92 Å². The van der Waals surface area contributed by atoms with E-state index in [9.17, 15) is 9.59 Å². The third-order valence-electron chi connectivity index (χ3n) is 4.72. The summed E-state index contributed by atoms with van der Waals surface area (Å²) >= 11 is 0. The van der Waals surface area contributed by atoms with Crippen LogP contribution in [0.4, 0.5) is 5.69 Å². The second-order valence-corrected chi connectivity index (χ2v) is 6.58. The number of carbonyl (C=O) groups excluding carboxylic acids is 2. The molecule has 5 nitrogen and oxygen atoms in total. The van der Waals surface area contributed by atoms with Crippen molar-refractivity contribution in [1.82, 2.24) is 10.2 Å². The lowest BCUT2D eigenvalue weighted by Crippen LogP contribution is -2.43. The number of hydrogen-bond acceptors (Lipinski definition) is 3. The fourth-order valence-electron chi connectivity index (χ4n) is 2.81. The van der Waals surface area contributed by atoms with Crippen LogP contribution in [0.1, 0.15) is 32.3 Å². The third kappa shape index (κ3) is 4.98. The highest BCUT2D eigenvalue weighted by Gasteiger charge is 2.20. The Morgan fingerprint density at radius 3 is 2.50 bits per heavy atom. The van der Waals surface area contributed by atoms with E-state index in [0.29, 0.717) is 6.54 Å². The van der Waals surface area contributed by atoms with Crippen molar-refractivity contribution in [2.75, 3.05) is 37.6 Å². The van der Waals surface area contributed by atoms with Gasteiger partial charge in [-0.2, -0.15) is 0 Å². The lowest BCUT2D eigenvalue weighted by Gasteiger charge is -2.24. The SMILES string of the molecule is CCC(C)C(=O)NCC(=O)N1CCCN(c2ccc(C)cc2)CC1. The predicted molar refractivity (Wildman–Crippen MR) is 97.1 cm³/mol. The molecule has 1 unspecified atom stereocenters. The second-order valence-electron chi connectivity index (χ2n) is 6.58. The van der Waals surface area contributed by atoms with Gasteiger partial charge in [-0.05, 0) is 31.9 Å². The van der Waals surface area contributed by atoms with E-state index in [4.69, 9.17) is 0 Å². The summed E-state index contributed by atoms with van der Waals surface area (Å²) in [6.07, 6.45) is 1.73. The maximum Gasteiger partial charge on any atom is 0.242 e. The van der Waals surface area contributed by atoms with Gasteiger partial charge in [0.2, 0.25) is 11.8 Å². The number of nitrogens with zero attached hydrogens (tertiary/aromatic N) is 2. The van der Waals surface area contributed by atoms with Crippen molar-refractivity contribution >= 4 is 17.5 Å². The molecule has 0 saturated carbocycles. The van der Waals surface area contributed by atoms with E-state index in [1.807, 2.05) is 18.7 Å². The van der Waals surface area contributed by atoms with Gasteiger partial charge in [-0.15, -0.1) is 0 Å². The molecule has 2 amide bonds. The van der Waals surface area contributed by atoms with E-state index < -0.39 is 0 Å². The van der Waals surface area contributed by atoms with Gasteiger partial charge in [-0.25, -0.2) is 0 Å². The molecule has 1 heterocycles. The maximum absolute atomic E-state index is 12.3. The zero-order valence-electron chi connectivity index (χ0n) is 15.0. The molecule has 0 spiro atoms. The van der Waals surface area contributed by atoms with E-state index in [0.717, 1.165) is 32.5 Å². The molecule has 24 heavy (non-hydrogen) atoms.